The summed E-state index contributed by atoms with van der Waals surface area (Å²) in [5, 5.41) is 7.03. The molecule has 7 nitrogen and oxygen atoms in total. The molecule has 0 radical (unpaired) electrons. The Labute approximate surface area is 129 Å². The van der Waals surface area contributed by atoms with E-state index in [-0.39, 0.29) is 11.9 Å². The van der Waals surface area contributed by atoms with Gasteiger partial charge in [-0.15, -0.1) is 0 Å². The molecule has 1 aliphatic heterocycles. The van der Waals surface area contributed by atoms with Crippen LogP contribution >= 0.6 is 0 Å². The molecule has 0 saturated carbocycles. The summed E-state index contributed by atoms with van der Waals surface area (Å²) in [7, 11) is 0. The minimum absolute atomic E-state index is 0.0708. The van der Waals surface area contributed by atoms with Gasteiger partial charge in [0.15, 0.2) is 0 Å². The van der Waals surface area contributed by atoms with Crippen LogP contribution in [0.4, 0.5) is 5.95 Å². The van der Waals surface area contributed by atoms with Gasteiger partial charge in [-0.25, -0.2) is 9.97 Å². The smallest absolute Gasteiger partial charge is 0.243 e. The molecule has 1 fully saturated rings. The fraction of sp³-hybridized carbons (Fsp3) is 0.467. The van der Waals surface area contributed by atoms with Gasteiger partial charge in [-0.1, -0.05) is 0 Å². The number of amides is 1. The van der Waals surface area contributed by atoms with Gasteiger partial charge in [0.05, 0.1) is 12.6 Å². The Bertz CT molecular complexity index is 600. The van der Waals surface area contributed by atoms with Gasteiger partial charge in [0.1, 0.15) is 0 Å². The second kappa shape index (κ2) is 6.65. The van der Waals surface area contributed by atoms with E-state index in [4.69, 9.17) is 0 Å². The van der Waals surface area contributed by atoms with Gasteiger partial charge in [0.2, 0.25) is 11.9 Å². The molecule has 2 aromatic heterocycles. The van der Waals surface area contributed by atoms with Gasteiger partial charge in [-0.3, -0.25) is 19.7 Å². The summed E-state index contributed by atoms with van der Waals surface area (Å²) >= 11 is 0. The maximum atomic E-state index is 12.4. The first-order chi connectivity index (χ1) is 10.7. The monoisotopic (exact) mass is 300 g/mol. The highest BCUT2D eigenvalue weighted by atomic mass is 16.2. The van der Waals surface area contributed by atoms with Crippen molar-refractivity contribution in [3.8, 4) is 0 Å². The van der Waals surface area contributed by atoms with Gasteiger partial charge in [0, 0.05) is 30.8 Å². The Balaban J connectivity index is 1.62. The fourth-order valence-electron chi connectivity index (χ4n) is 2.92. The zero-order valence-corrected chi connectivity index (χ0v) is 12.6. The maximum Gasteiger partial charge on any atom is 0.243 e. The van der Waals surface area contributed by atoms with Crippen molar-refractivity contribution in [2.24, 2.45) is 0 Å². The van der Waals surface area contributed by atoms with Gasteiger partial charge in [-0.05, 0) is 38.4 Å². The van der Waals surface area contributed by atoms with Crippen LogP contribution in [0.5, 0.6) is 0 Å². The molecular weight excluding hydrogens is 280 g/mol. The van der Waals surface area contributed by atoms with Crippen molar-refractivity contribution >= 4 is 11.9 Å². The van der Waals surface area contributed by atoms with E-state index < -0.39 is 0 Å². The predicted molar refractivity (Wildman–Crippen MR) is 82.1 cm³/mol. The number of carbonyl (C=O) groups is 1. The molecule has 0 unspecified atom stereocenters. The van der Waals surface area contributed by atoms with E-state index >= 15 is 0 Å². The highest BCUT2D eigenvalue weighted by Crippen LogP contribution is 2.22. The molecule has 3 rings (SSSR count). The topological polar surface area (TPSA) is 75.9 Å². The molecule has 2 aromatic rings. The summed E-state index contributed by atoms with van der Waals surface area (Å²) in [5.74, 6) is 0.278. The SMILES string of the molecule is C[C@H](C(=O)Nc1ncccn1)N1CCC[C@@H]1Cn1cccn1. The highest BCUT2D eigenvalue weighted by Gasteiger charge is 2.32. The van der Waals surface area contributed by atoms with E-state index in [1.807, 2.05) is 23.9 Å². The fourth-order valence-corrected chi connectivity index (χ4v) is 2.92. The third kappa shape index (κ3) is 3.30. The third-order valence-corrected chi connectivity index (χ3v) is 4.06. The quantitative estimate of drug-likeness (QED) is 0.897. The number of hydrogen-bond donors (Lipinski definition) is 1. The maximum absolute atomic E-state index is 12.4. The lowest BCUT2D eigenvalue weighted by molar-refractivity contribution is -0.121. The zero-order chi connectivity index (χ0) is 15.4. The zero-order valence-electron chi connectivity index (χ0n) is 12.6. The van der Waals surface area contributed by atoms with Gasteiger partial charge >= 0.3 is 0 Å². The average molecular weight is 300 g/mol. The van der Waals surface area contributed by atoms with Gasteiger partial charge < -0.3 is 0 Å². The molecule has 2 atom stereocenters. The lowest BCUT2D eigenvalue weighted by Gasteiger charge is -2.29. The molecule has 0 aliphatic carbocycles. The second-order valence-electron chi connectivity index (χ2n) is 5.50. The molecular formula is C15H20N6O. The summed E-state index contributed by atoms with van der Waals surface area (Å²) in [4.78, 5) is 22.7. The lowest BCUT2D eigenvalue weighted by atomic mass is 10.2. The number of likely N-dealkylation sites (tertiary alicyclic amines) is 1. The van der Waals surface area contributed by atoms with Crippen LogP contribution in [0.2, 0.25) is 0 Å². The van der Waals surface area contributed by atoms with Crippen molar-refractivity contribution in [3.05, 3.63) is 36.9 Å². The first-order valence-corrected chi connectivity index (χ1v) is 7.55. The van der Waals surface area contributed by atoms with Crippen molar-refractivity contribution in [2.45, 2.75) is 38.4 Å². The molecule has 3 heterocycles. The number of anilines is 1. The number of rotatable bonds is 5. The Morgan fingerprint density at radius 2 is 2.18 bits per heavy atom. The molecule has 1 saturated heterocycles. The molecule has 1 amide bonds. The first kappa shape index (κ1) is 14.6. The van der Waals surface area contributed by atoms with Crippen LogP contribution < -0.4 is 5.32 Å². The van der Waals surface area contributed by atoms with Crippen molar-refractivity contribution in [2.75, 3.05) is 11.9 Å². The Morgan fingerprint density at radius 3 is 2.91 bits per heavy atom. The molecule has 116 valence electrons. The number of aromatic nitrogens is 4. The molecule has 22 heavy (non-hydrogen) atoms. The predicted octanol–water partition coefficient (Wildman–Crippen LogP) is 1.16. The van der Waals surface area contributed by atoms with Crippen molar-refractivity contribution in [1.29, 1.82) is 0 Å². The van der Waals surface area contributed by atoms with Gasteiger partial charge in [0.25, 0.3) is 0 Å². The number of carbonyl (C=O) groups excluding carboxylic acids is 1. The molecule has 1 aliphatic rings. The average Bonchev–Trinajstić information content (AvgIpc) is 3.20. The largest absolute Gasteiger partial charge is 0.293 e. The highest BCUT2D eigenvalue weighted by molar-refractivity contribution is 5.93. The van der Waals surface area contributed by atoms with Crippen LogP contribution in [-0.2, 0) is 11.3 Å². The van der Waals surface area contributed by atoms with Crippen LogP contribution in [0, 0.1) is 0 Å². The standard InChI is InChI=1S/C15H20N6O/c1-12(14(22)19-15-16-6-3-7-17-15)21-10-2-5-13(21)11-20-9-4-8-18-20/h3-4,6-9,12-13H,2,5,10-11H2,1H3,(H,16,17,19,22)/t12-,13-/m1/s1. The van der Waals surface area contributed by atoms with Crippen LogP contribution in [0.15, 0.2) is 36.9 Å². The van der Waals surface area contributed by atoms with Crippen LogP contribution in [0.1, 0.15) is 19.8 Å². The summed E-state index contributed by atoms with van der Waals surface area (Å²) in [6.45, 7) is 3.67. The number of hydrogen-bond acceptors (Lipinski definition) is 5. The van der Waals surface area contributed by atoms with Crippen molar-refractivity contribution in [3.63, 3.8) is 0 Å². The Hall–Kier alpha value is -2.28. The Morgan fingerprint density at radius 1 is 1.36 bits per heavy atom. The minimum atomic E-state index is -0.216. The molecule has 0 bridgehead atoms. The second-order valence-corrected chi connectivity index (χ2v) is 5.50. The van der Waals surface area contributed by atoms with E-state index in [0.29, 0.717) is 12.0 Å². The van der Waals surface area contributed by atoms with Crippen LogP contribution in [0.3, 0.4) is 0 Å². The molecule has 1 N–H and O–H groups in total. The normalized spacial score (nSPS) is 20.0. The summed E-state index contributed by atoms with van der Waals surface area (Å²) in [6, 6.07) is 3.76. The molecule has 0 spiro atoms. The lowest BCUT2D eigenvalue weighted by Crippen LogP contribution is -2.46. The van der Waals surface area contributed by atoms with Crippen LogP contribution in [0.25, 0.3) is 0 Å². The molecule has 0 aromatic carbocycles. The molecule has 7 heteroatoms. The van der Waals surface area contributed by atoms with E-state index in [1.165, 1.54) is 0 Å². The van der Waals surface area contributed by atoms with E-state index in [0.717, 1.165) is 25.9 Å². The van der Waals surface area contributed by atoms with Crippen LogP contribution in [-0.4, -0.2) is 49.2 Å². The summed E-state index contributed by atoms with van der Waals surface area (Å²) < 4.78 is 1.92. The van der Waals surface area contributed by atoms with Crippen molar-refractivity contribution < 1.29 is 4.79 Å². The van der Waals surface area contributed by atoms with E-state index in [1.54, 1.807) is 24.7 Å². The first-order valence-electron chi connectivity index (χ1n) is 7.55. The number of nitrogens with one attached hydrogen (secondary N) is 1. The number of nitrogens with zero attached hydrogens (tertiary/aromatic N) is 5. The van der Waals surface area contributed by atoms with E-state index in [2.05, 4.69) is 25.3 Å². The minimum Gasteiger partial charge on any atom is -0.293 e. The third-order valence-electron chi connectivity index (χ3n) is 4.06. The van der Waals surface area contributed by atoms with Gasteiger partial charge in [-0.2, -0.15) is 5.10 Å². The van der Waals surface area contributed by atoms with E-state index in [9.17, 15) is 4.79 Å². The Kier molecular flexibility index (Phi) is 4.43. The summed E-state index contributed by atoms with van der Waals surface area (Å²) in [6.07, 6.45) is 9.15. The summed E-state index contributed by atoms with van der Waals surface area (Å²) in [5.41, 5.74) is 0. The van der Waals surface area contributed by atoms with Crippen molar-refractivity contribution in [1.82, 2.24) is 24.6 Å².